The number of carbonyl (C=O) groups excluding carboxylic acids is 1. The number of carbonyl (C=O) groups is 1. The Morgan fingerprint density at radius 3 is 2.75 bits per heavy atom. The highest BCUT2D eigenvalue weighted by Crippen LogP contribution is 2.23. The first-order chi connectivity index (χ1) is 13.6. The number of hydrogen-bond donors (Lipinski definition) is 1. The number of rotatable bonds is 4. The van der Waals surface area contributed by atoms with E-state index in [0.717, 1.165) is 24.8 Å². The van der Waals surface area contributed by atoms with E-state index in [1.165, 1.54) is 6.42 Å². The van der Waals surface area contributed by atoms with E-state index < -0.39 is 0 Å². The van der Waals surface area contributed by atoms with Gasteiger partial charge in [0.1, 0.15) is 6.54 Å². The van der Waals surface area contributed by atoms with E-state index in [2.05, 4.69) is 17.2 Å². The summed E-state index contributed by atoms with van der Waals surface area (Å²) in [7, 11) is 0. The molecule has 28 heavy (non-hydrogen) atoms. The van der Waals surface area contributed by atoms with Crippen molar-refractivity contribution in [2.24, 2.45) is 5.92 Å². The van der Waals surface area contributed by atoms with Crippen LogP contribution in [0.5, 0.6) is 0 Å². The minimum absolute atomic E-state index is 0.0163. The Kier molecular flexibility index (Phi) is 5.62. The van der Waals surface area contributed by atoms with Crippen LogP contribution in [0.15, 0.2) is 29.1 Å². The Morgan fingerprint density at radius 2 is 1.96 bits per heavy atom. The molecule has 1 amide bonds. The van der Waals surface area contributed by atoms with E-state index in [9.17, 15) is 9.59 Å². The fraction of sp³-hybridized carbons (Fsp3) is 0.571. The molecule has 1 aliphatic carbocycles. The Labute approximate surface area is 164 Å². The van der Waals surface area contributed by atoms with Gasteiger partial charge in [0.15, 0.2) is 5.82 Å². The van der Waals surface area contributed by atoms with Gasteiger partial charge in [0, 0.05) is 19.1 Å². The summed E-state index contributed by atoms with van der Waals surface area (Å²) in [6.45, 7) is 4.62. The lowest BCUT2D eigenvalue weighted by molar-refractivity contribution is -0.122. The smallest absolute Gasteiger partial charge is 0.294 e. The second-order valence-corrected chi connectivity index (χ2v) is 7.85. The first-order valence-electron chi connectivity index (χ1n) is 10.2. The first-order valence-corrected chi connectivity index (χ1v) is 10.2. The maximum atomic E-state index is 13.2. The number of fused-ring (bicyclic) bond motifs is 1. The third-order valence-corrected chi connectivity index (χ3v) is 5.91. The van der Waals surface area contributed by atoms with Gasteiger partial charge in [-0.05, 0) is 30.9 Å². The van der Waals surface area contributed by atoms with Crippen LogP contribution in [-0.4, -0.2) is 47.8 Å². The quantitative estimate of drug-likeness (QED) is 0.872. The molecular weight excluding hydrogens is 356 g/mol. The molecule has 1 N–H and O–H groups in total. The van der Waals surface area contributed by atoms with Gasteiger partial charge in [-0.3, -0.25) is 14.2 Å². The van der Waals surface area contributed by atoms with Crippen LogP contribution in [0.4, 0.5) is 5.82 Å². The summed E-state index contributed by atoms with van der Waals surface area (Å²) in [5.41, 5.74) is 1.20. The molecule has 1 aromatic carbocycles. The summed E-state index contributed by atoms with van der Waals surface area (Å²) >= 11 is 0. The monoisotopic (exact) mass is 384 g/mol. The Bertz CT molecular complexity index is 904. The molecule has 0 spiro atoms. The van der Waals surface area contributed by atoms with Crippen LogP contribution in [0.2, 0.25) is 0 Å². The van der Waals surface area contributed by atoms with Gasteiger partial charge in [0.25, 0.3) is 5.56 Å². The number of morpholine rings is 1. The molecule has 7 heteroatoms. The number of anilines is 1. The molecule has 2 atom stereocenters. The molecule has 7 nitrogen and oxygen atoms in total. The zero-order valence-electron chi connectivity index (χ0n) is 16.4. The van der Waals surface area contributed by atoms with Crippen molar-refractivity contribution in [1.82, 2.24) is 14.9 Å². The molecule has 0 radical (unpaired) electrons. The number of aromatic nitrogens is 2. The Balaban J connectivity index is 1.64. The van der Waals surface area contributed by atoms with Gasteiger partial charge in [-0.2, -0.15) is 0 Å². The number of nitrogens with zero attached hydrogens (tertiary/aromatic N) is 3. The van der Waals surface area contributed by atoms with E-state index in [-0.39, 0.29) is 24.1 Å². The Morgan fingerprint density at radius 1 is 1.21 bits per heavy atom. The molecule has 2 heterocycles. The highest BCUT2D eigenvalue weighted by molar-refractivity contribution is 5.81. The second kappa shape index (κ2) is 8.31. The van der Waals surface area contributed by atoms with Crippen LogP contribution >= 0.6 is 0 Å². The van der Waals surface area contributed by atoms with Crippen molar-refractivity contribution < 1.29 is 9.53 Å². The first kappa shape index (κ1) is 18.9. The van der Waals surface area contributed by atoms with Gasteiger partial charge in [-0.25, -0.2) is 4.98 Å². The third kappa shape index (κ3) is 3.90. The van der Waals surface area contributed by atoms with Crippen LogP contribution in [0.3, 0.4) is 0 Å². The number of benzene rings is 1. The molecule has 1 aliphatic heterocycles. The standard InChI is InChI=1S/C21H28N4O3/c1-15-6-2-3-7-16(15)22-19(26)14-25-18-9-5-4-8-17(18)23-20(21(25)27)24-10-12-28-13-11-24/h4-5,8-9,15-16H,2-3,6-7,10-14H2,1H3,(H,22,26)/t15-,16+/m0/s1. The van der Waals surface area contributed by atoms with Crippen LogP contribution in [-0.2, 0) is 16.1 Å². The van der Waals surface area contributed by atoms with Crippen molar-refractivity contribution >= 4 is 22.8 Å². The van der Waals surface area contributed by atoms with Crippen LogP contribution in [0.25, 0.3) is 11.0 Å². The van der Waals surface area contributed by atoms with Crippen LogP contribution in [0, 0.1) is 5.92 Å². The summed E-state index contributed by atoms with van der Waals surface area (Å²) in [5, 5.41) is 3.16. The molecule has 0 unspecified atom stereocenters. The normalized spacial score (nSPS) is 23.0. The molecule has 1 aromatic heterocycles. The van der Waals surface area contributed by atoms with Crippen LogP contribution < -0.4 is 15.8 Å². The number of nitrogens with one attached hydrogen (secondary N) is 1. The number of amides is 1. The molecular formula is C21H28N4O3. The summed E-state index contributed by atoms with van der Waals surface area (Å²) < 4.78 is 6.96. The molecule has 2 aromatic rings. The summed E-state index contributed by atoms with van der Waals surface area (Å²) in [6, 6.07) is 7.70. The van der Waals surface area contributed by atoms with Crippen molar-refractivity contribution in [3.8, 4) is 0 Å². The SMILES string of the molecule is C[C@H]1CCCC[C@H]1NC(=O)Cn1c(=O)c(N2CCOCC2)nc2ccccc21. The number of para-hydroxylation sites is 2. The van der Waals surface area contributed by atoms with Gasteiger partial charge in [-0.15, -0.1) is 0 Å². The predicted octanol–water partition coefficient (Wildman–Crippen LogP) is 1.93. The molecule has 150 valence electrons. The average Bonchev–Trinajstić information content (AvgIpc) is 2.72. The highest BCUT2D eigenvalue weighted by atomic mass is 16.5. The van der Waals surface area contributed by atoms with E-state index >= 15 is 0 Å². The molecule has 0 bridgehead atoms. The van der Waals surface area contributed by atoms with Gasteiger partial charge < -0.3 is 15.0 Å². The minimum Gasteiger partial charge on any atom is -0.378 e. The van der Waals surface area contributed by atoms with E-state index in [1.807, 2.05) is 29.2 Å². The lowest BCUT2D eigenvalue weighted by atomic mass is 9.86. The fourth-order valence-electron chi connectivity index (χ4n) is 4.24. The van der Waals surface area contributed by atoms with Gasteiger partial charge in [0.05, 0.1) is 24.2 Å². The Hall–Kier alpha value is -2.41. The summed E-state index contributed by atoms with van der Waals surface area (Å²) in [6.07, 6.45) is 4.53. The van der Waals surface area contributed by atoms with E-state index in [4.69, 9.17) is 4.74 Å². The highest BCUT2D eigenvalue weighted by Gasteiger charge is 2.24. The van der Waals surface area contributed by atoms with Gasteiger partial charge in [-0.1, -0.05) is 31.9 Å². The number of hydrogen-bond acceptors (Lipinski definition) is 5. The molecule has 4 rings (SSSR count). The van der Waals surface area contributed by atoms with E-state index in [0.29, 0.717) is 43.6 Å². The van der Waals surface area contributed by atoms with Crippen molar-refractivity contribution in [1.29, 1.82) is 0 Å². The van der Waals surface area contributed by atoms with Crippen molar-refractivity contribution in [3.05, 3.63) is 34.6 Å². The van der Waals surface area contributed by atoms with E-state index in [1.54, 1.807) is 4.57 Å². The molecule has 2 fully saturated rings. The molecule has 1 saturated heterocycles. The maximum Gasteiger partial charge on any atom is 0.294 e. The number of ether oxygens (including phenoxy) is 1. The zero-order chi connectivity index (χ0) is 19.5. The lowest BCUT2D eigenvalue weighted by Gasteiger charge is -2.30. The third-order valence-electron chi connectivity index (χ3n) is 5.91. The average molecular weight is 384 g/mol. The minimum atomic E-state index is -0.215. The van der Waals surface area contributed by atoms with Gasteiger partial charge in [0.2, 0.25) is 5.91 Å². The van der Waals surface area contributed by atoms with Crippen LogP contribution in [0.1, 0.15) is 32.6 Å². The second-order valence-electron chi connectivity index (χ2n) is 7.85. The van der Waals surface area contributed by atoms with Gasteiger partial charge >= 0.3 is 0 Å². The predicted molar refractivity (Wildman–Crippen MR) is 109 cm³/mol. The summed E-state index contributed by atoms with van der Waals surface area (Å²) in [4.78, 5) is 32.6. The molecule has 2 aliphatic rings. The topological polar surface area (TPSA) is 76.5 Å². The largest absolute Gasteiger partial charge is 0.378 e. The van der Waals surface area contributed by atoms with Crippen molar-refractivity contribution in [2.75, 3.05) is 31.2 Å². The van der Waals surface area contributed by atoms with Crippen molar-refractivity contribution in [3.63, 3.8) is 0 Å². The van der Waals surface area contributed by atoms with Crippen molar-refractivity contribution in [2.45, 2.75) is 45.2 Å². The zero-order valence-corrected chi connectivity index (χ0v) is 16.4. The maximum absolute atomic E-state index is 13.2. The lowest BCUT2D eigenvalue weighted by Crippen LogP contribution is -2.45. The summed E-state index contributed by atoms with van der Waals surface area (Å²) in [5.74, 6) is 0.776. The fourth-order valence-corrected chi connectivity index (χ4v) is 4.24. The molecule has 1 saturated carbocycles.